The van der Waals surface area contributed by atoms with Crippen molar-refractivity contribution in [1.29, 1.82) is 0 Å². The molecule has 2 aliphatic rings. The topological polar surface area (TPSA) is 62.2 Å². The Kier molecular flexibility index (Phi) is 3.56. The van der Waals surface area contributed by atoms with Gasteiger partial charge in [-0.15, -0.1) is 4.68 Å². The molecular formula is C18H24N3O2S+. The molecule has 4 rings (SSSR count). The van der Waals surface area contributed by atoms with Gasteiger partial charge in [-0.3, -0.25) is 0 Å². The fourth-order valence-corrected chi connectivity index (χ4v) is 6.08. The lowest BCUT2D eigenvalue weighted by molar-refractivity contribution is -0.715. The largest absolute Gasteiger partial charge is 0.508 e. The second-order valence-electron chi connectivity index (χ2n) is 7.36. The molecule has 2 aliphatic carbocycles. The highest BCUT2D eigenvalue weighted by atomic mass is 32.2. The summed E-state index contributed by atoms with van der Waals surface area (Å²) in [6.45, 7) is 2.07. The quantitative estimate of drug-likeness (QED) is 0.662. The molecule has 0 amide bonds. The lowest BCUT2D eigenvalue weighted by atomic mass is 9.77. The van der Waals surface area contributed by atoms with E-state index in [1.165, 1.54) is 6.42 Å². The number of thioether (sulfide) groups is 1. The van der Waals surface area contributed by atoms with Gasteiger partial charge in [-0.2, -0.15) is 0 Å². The molecule has 5 nitrogen and oxygen atoms in total. The minimum Gasteiger partial charge on any atom is -0.508 e. The van der Waals surface area contributed by atoms with Crippen LogP contribution in [-0.2, 0) is 19.5 Å². The van der Waals surface area contributed by atoms with Crippen LogP contribution in [0, 0.1) is 12.8 Å². The van der Waals surface area contributed by atoms with E-state index in [2.05, 4.69) is 23.6 Å². The highest BCUT2D eigenvalue weighted by Gasteiger charge is 2.53. The number of hydrogen-bond donors (Lipinski definition) is 2. The van der Waals surface area contributed by atoms with E-state index < -0.39 is 0 Å². The van der Waals surface area contributed by atoms with Crippen LogP contribution in [0.15, 0.2) is 23.4 Å². The molecule has 3 atom stereocenters. The van der Waals surface area contributed by atoms with Crippen LogP contribution >= 0.6 is 11.8 Å². The smallest absolute Gasteiger partial charge is 0.336 e. The van der Waals surface area contributed by atoms with Crippen LogP contribution in [0.25, 0.3) is 0 Å². The Morgan fingerprint density at radius 3 is 2.83 bits per heavy atom. The van der Waals surface area contributed by atoms with Gasteiger partial charge in [-0.1, -0.05) is 0 Å². The molecule has 2 aromatic rings. The molecule has 2 bridgehead atoms. The number of aryl methyl sites for hydroxylation is 1. The average Bonchev–Trinajstić information content (AvgIpc) is 3.20. The lowest BCUT2D eigenvalue weighted by Crippen LogP contribution is -2.33. The number of aromatic nitrogens is 3. The van der Waals surface area contributed by atoms with E-state index in [9.17, 15) is 10.2 Å². The molecule has 0 radical (unpaired) electrons. The van der Waals surface area contributed by atoms with Gasteiger partial charge in [0.1, 0.15) is 11.5 Å². The van der Waals surface area contributed by atoms with Crippen LogP contribution in [0.5, 0.6) is 11.5 Å². The number of nitrogens with zero attached hydrogens (tertiary/aromatic N) is 3. The van der Waals surface area contributed by atoms with E-state index in [1.54, 1.807) is 18.2 Å². The molecule has 2 saturated carbocycles. The minimum atomic E-state index is 0.00749. The molecule has 3 unspecified atom stereocenters. The third kappa shape index (κ3) is 2.31. The van der Waals surface area contributed by atoms with E-state index in [0.717, 1.165) is 35.8 Å². The van der Waals surface area contributed by atoms with Gasteiger partial charge in [0, 0.05) is 23.2 Å². The van der Waals surface area contributed by atoms with Gasteiger partial charge in [0.2, 0.25) is 5.82 Å². The summed E-state index contributed by atoms with van der Waals surface area (Å²) in [6, 6.07) is 4.94. The van der Waals surface area contributed by atoms with Gasteiger partial charge >= 0.3 is 5.16 Å². The zero-order valence-corrected chi connectivity index (χ0v) is 15.2. The summed E-state index contributed by atoms with van der Waals surface area (Å²) in [5.41, 5.74) is 0.933. The number of benzene rings is 1. The highest BCUT2D eigenvalue weighted by Crippen LogP contribution is 2.60. The van der Waals surface area contributed by atoms with E-state index in [1.807, 2.05) is 23.5 Å². The van der Waals surface area contributed by atoms with Crippen molar-refractivity contribution >= 4 is 11.8 Å². The Morgan fingerprint density at radius 2 is 2.12 bits per heavy atom. The van der Waals surface area contributed by atoms with Crippen molar-refractivity contribution < 1.29 is 14.8 Å². The Labute approximate surface area is 146 Å². The summed E-state index contributed by atoms with van der Waals surface area (Å²) < 4.78 is 4.07. The second kappa shape index (κ2) is 5.41. The summed E-state index contributed by atoms with van der Waals surface area (Å²) in [5, 5.41) is 26.4. The highest BCUT2D eigenvalue weighted by molar-refractivity contribution is 7.99. The predicted molar refractivity (Wildman–Crippen MR) is 92.2 cm³/mol. The maximum absolute atomic E-state index is 10.3. The van der Waals surface area contributed by atoms with Crippen LogP contribution in [-0.4, -0.2) is 25.2 Å². The van der Waals surface area contributed by atoms with Crippen molar-refractivity contribution in [2.24, 2.45) is 20.0 Å². The summed E-state index contributed by atoms with van der Waals surface area (Å²) in [7, 11) is 4.04. The maximum Gasteiger partial charge on any atom is 0.336 e. The van der Waals surface area contributed by atoms with Crippen molar-refractivity contribution in [3.05, 3.63) is 29.6 Å². The Hall–Kier alpha value is -1.69. The molecule has 1 aromatic carbocycles. The number of hydrogen-bond acceptors (Lipinski definition) is 4. The molecule has 24 heavy (non-hydrogen) atoms. The molecule has 0 saturated heterocycles. The summed E-state index contributed by atoms with van der Waals surface area (Å²) in [4.78, 5) is 0. The lowest BCUT2D eigenvalue weighted by Gasteiger charge is -2.30. The predicted octanol–water partition coefficient (Wildman–Crippen LogP) is 2.57. The summed E-state index contributed by atoms with van der Waals surface area (Å²) >= 11 is 1.87. The van der Waals surface area contributed by atoms with Gasteiger partial charge in [0.05, 0.1) is 19.2 Å². The molecule has 0 spiro atoms. The first-order valence-corrected chi connectivity index (χ1v) is 9.36. The molecule has 6 heteroatoms. The van der Waals surface area contributed by atoms with E-state index in [4.69, 9.17) is 0 Å². The van der Waals surface area contributed by atoms with Crippen molar-refractivity contribution in [1.82, 2.24) is 9.78 Å². The zero-order valence-electron chi connectivity index (χ0n) is 14.4. The Morgan fingerprint density at radius 1 is 1.33 bits per heavy atom. The van der Waals surface area contributed by atoms with Gasteiger partial charge < -0.3 is 10.2 Å². The van der Waals surface area contributed by atoms with Crippen LogP contribution < -0.4 is 4.57 Å². The first-order valence-electron chi connectivity index (χ1n) is 8.48. The standard InChI is InChI=1S/C18H23N3O2S/c1-11-20(2)17(19-21(11)3)24-16-10-18(7-6-12(16)9-18)14-8-13(22)4-5-15(14)23/h4-5,8,12,16H,6-7,9-10H2,1-3H3,(H-,22,23)/p+1. The second-order valence-corrected chi connectivity index (χ2v) is 8.56. The average molecular weight is 346 g/mol. The van der Waals surface area contributed by atoms with Crippen LogP contribution in [0.4, 0.5) is 0 Å². The summed E-state index contributed by atoms with van der Waals surface area (Å²) in [5.74, 6) is 2.35. The van der Waals surface area contributed by atoms with Crippen LogP contribution in [0.2, 0.25) is 0 Å². The maximum atomic E-state index is 10.3. The summed E-state index contributed by atoms with van der Waals surface area (Å²) in [6.07, 6.45) is 4.41. The third-order valence-electron chi connectivity index (χ3n) is 6.05. The Balaban J connectivity index is 1.62. The molecule has 0 aliphatic heterocycles. The van der Waals surface area contributed by atoms with Gasteiger partial charge in [-0.25, -0.2) is 4.57 Å². The normalized spacial score (nSPS) is 28.6. The minimum absolute atomic E-state index is 0.00749. The fourth-order valence-electron chi connectivity index (χ4n) is 4.52. The molecule has 2 N–H and O–H groups in total. The number of phenolic OH excluding ortho intramolecular Hbond substituents is 2. The third-order valence-corrected chi connectivity index (χ3v) is 7.47. The van der Waals surface area contributed by atoms with Gasteiger partial charge in [0.15, 0.2) is 0 Å². The molecule has 128 valence electrons. The van der Waals surface area contributed by atoms with Crippen molar-refractivity contribution in [2.45, 2.75) is 48.4 Å². The van der Waals surface area contributed by atoms with Gasteiger partial charge in [-0.05, 0) is 61.6 Å². The number of fused-ring (bicyclic) bond motifs is 2. The van der Waals surface area contributed by atoms with E-state index in [0.29, 0.717) is 16.9 Å². The van der Waals surface area contributed by atoms with Gasteiger partial charge in [0.25, 0.3) is 0 Å². The zero-order chi connectivity index (χ0) is 17.1. The van der Waals surface area contributed by atoms with Crippen molar-refractivity contribution in [2.75, 3.05) is 0 Å². The molecule has 2 fully saturated rings. The monoisotopic (exact) mass is 346 g/mol. The molecule has 1 heterocycles. The van der Waals surface area contributed by atoms with Crippen LogP contribution in [0.3, 0.4) is 0 Å². The van der Waals surface area contributed by atoms with Crippen molar-refractivity contribution in [3.8, 4) is 11.5 Å². The van der Waals surface area contributed by atoms with E-state index >= 15 is 0 Å². The number of phenols is 2. The first-order chi connectivity index (χ1) is 11.4. The van der Waals surface area contributed by atoms with Crippen molar-refractivity contribution in [3.63, 3.8) is 0 Å². The molecular weight excluding hydrogens is 322 g/mol. The van der Waals surface area contributed by atoms with Crippen LogP contribution in [0.1, 0.15) is 37.1 Å². The SMILES string of the molecule is Cc1n(C)nc(SC2CC3(c4cc(O)ccc4O)CCC2C3)[n+]1C. The molecule has 1 aromatic heterocycles. The fraction of sp³-hybridized carbons (Fsp3) is 0.556. The first kappa shape index (κ1) is 15.8. The number of aromatic hydroxyl groups is 2. The Bertz CT molecular complexity index is 804. The van der Waals surface area contributed by atoms with E-state index in [-0.39, 0.29) is 11.2 Å². The number of rotatable bonds is 3.